The van der Waals surface area contributed by atoms with Crippen molar-refractivity contribution < 1.29 is 0 Å². The summed E-state index contributed by atoms with van der Waals surface area (Å²) in [5.41, 5.74) is 10.0. The lowest BCUT2D eigenvalue weighted by molar-refractivity contribution is 1.05. The van der Waals surface area contributed by atoms with Crippen LogP contribution in [0, 0.1) is 0 Å². The Hall–Kier alpha value is -7.36. The van der Waals surface area contributed by atoms with Crippen LogP contribution in [0.15, 0.2) is 200 Å². The second kappa shape index (κ2) is 12.6. The highest BCUT2D eigenvalue weighted by atomic mass is 15.1. The molecule has 0 spiro atoms. The minimum atomic E-state index is 0.702. The van der Waals surface area contributed by atoms with Gasteiger partial charge in [0.25, 0.3) is 0 Å². The largest absolute Gasteiger partial charge is 0.294 e. The van der Waals surface area contributed by atoms with E-state index in [-0.39, 0.29) is 0 Å². The predicted molar refractivity (Wildman–Crippen MR) is 231 cm³/mol. The summed E-state index contributed by atoms with van der Waals surface area (Å²) in [6.07, 6.45) is 0. The third-order valence-electron chi connectivity index (χ3n) is 11.0. The molecule has 0 saturated heterocycles. The molecular formula is C52H33N3. The second-order valence-electron chi connectivity index (χ2n) is 14.3. The van der Waals surface area contributed by atoms with Crippen LogP contribution in [-0.4, -0.2) is 14.5 Å². The van der Waals surface area contributed by atoms with Crippen LogP contribution in [0.2, 0.25) is 0 Å². The third kappa shape index (κ3) is 5.36. The summed E-state index contributed by atoms with van der Waals surface area (Å²) in [5.74, 6) is 1.54. The number of aromatic nitrogens is 3. The monoisotopic (exact) mass is 699 g/mol. The minimum absolute atomic E-state index is 0.702. The molecule has 0 unspecified atom stereocenters. The summed E-state index contributed by atoms with van der Waals surface area (Å²) >= 11 is 0. The number of hydrogen-bond donors (Lipinski definition) is 0. The molecule has 2 heterocycles. The lowest BCUT2D eigenvalue weighted by atomic mass is 9.95. The van der Waals surface area contributed by atoms with Gasteiger partial charge in [-0.2, -0.15) is 0 Å². The van der Waals surface area contributed by atoms with Gasteiger partial charge in [-0.05, 0) is 91.0 Å². The van der Waals surface area contributed by atoms with Crippen molar-refractivity contribution in [2.45, 2.75) is 0 Å². The number of para-hydroxylation sites is 1. The van der Waals surface area contributed by atoms with Crippen LogP contribution in [-0.2, 0) is 0 Å². The fourth-order valence-corrected chi connectivity index (χ4v) is 8.22. The van der Waals surface area contributed by atoms with Gasteiger partial charge in [-0.15, -0.1) is 0 Å². The van der Waals surface area contributed by atoms with E-state index in [2.05, 4.69) is 180 Å². The molecule has 55 heavy (non-hydrogen) atoms. The number of hydrogen-bond acceptors (Lipinski definition) is 2. The van der Waals surface area contributed by atoms with E-state index in [4.69, 9.17) is 9.97 Å². The molecule has 11 aromatic rings. The smallest absolute Gasteiger partial charge is 0.162 e. The molecule has 0 aliphatic rings. The average Bonchev–Trinajstić information content (AvgIpc) is 3.61. The van der Waals surface area contributed by atoms with Crippen LogP contribution in [0.4, 0.5) is 0 Å². The van der Waals surface area contributed by atoms with Crippen LogP contribution >= 0.6 is 0 Å². The summed E-state index contributed by atoms with van der Waals surface area (Å²) in [7, 11) is 0. The molecule has 3 heteroatoms. The number of nitrogens with zero attached hydrogens (tertiary/aromatic N) is 3. The fraction of sp³-hybridized carbons (Fsp3) is 0. The van der Waals surface area contributed by atoms with Crippen LogP contribution in [0.1, 0.15) is 0 Å². The molecule has 2 aromatic heterocycles. The number of rotatable bonds is 5. The van der Waals surface area contributed by atoms with Gasteiger partial charge in [-0.3, -0.25) is 4.57 Å². The Kier molecular flexibility index (Phi) is 7.17. The van der Waals surface area contributed by atoms with Gasteiger partial charge in [0.05, 0.1) is 16.7 Å². The van der Waals surface area contributed by atoms with Crippen LogP contribution < -0.4 is 0 Å². The van der Waals surface area contributed by atoms with Gasteiger partial charge in [0.1, 0.15) is 5.82 Å². The minimum Gasteiger partial charge on any atom is -0.294 e. The van der Waals surface area contributed by atoms with Crippen LogP contribution in [0.5, 0.6) is 0 Å². The molecule has 3 nitrogen and oxygen atoms in total. The zero-order valence-electron chi connectivity index (χ0n) is 29.9. The maximum Gasteiger partial charge on any atom is 0.162 e. The van der Waals surface area contributed by atoms with E-state index >= 15 is 0 Å². The Morgan fingerprint density at radius 2 is 0.836 bits per heavy atom. The zero-order chi connectivity index (χ0) is 36.3. The van der Waals surface area contributed by atoms with Crippen molar-refractivity contribution in [2.75, 3.05) is 0 Å². The van der Waals surface area contributed by atoms with Crippen molar-refractivity contribution in [3.05, 3.63) is 200 Å². The molecule has 0 aliphatic heterocycles. The van der Waals surface area contributed by atoms with E-state index in [9.17, 15) is 0 Å². The average molecular weight is 700 g/mol. The Labute approximate surface area is 318 Å². The summed E-state index contributed by atoms with van der Waals surface area (Å²) < 4.78 is 2.30. The Bertz CT molecular complexity index is 3190. The van der Waals surface area contributed by atoms with Crippen molar-refractivity contribution in [3.8, 4) is 50.7 Å². The topological polar surface area (TPSA) is 30.7 Å². The van der Waals surface area contributed by atoms with E-state index in [1.54, 1.807) is 0 Å². The van der Waals surface area contributed by atoms with Crippen molar-refractivity contribution in [3.63, 3.8) is 0 Å². The highest BCUT2D eigenvalue weighted by Crippen LogP contribution is 2.39. The van der Waals surface area contributed by atoms with Crippen molar-refractivity contribution >= 4 is 54.1 Å². The molecule has 0 N–H and O–H groups in total. The molecular weight excluding hydrogens is 667 g/mol. The van der Waals surface area contributed by atoms with Gasteiger partial charge in [0.2, 0.25) is 0 Å². The van der Waals surface area contributed by atoms with Crippen molar-refractivity contribution in [2.24, 2.45) is 0 Å². The molecule has 0 bridgehead atoms. The standard InChI is InChI=1S/C52H33N3/c1-3-12-35(13-4-1)47-33-50(54-52(53-47)36-14-5-2-6-15-36)55-48-18-10-9-17-46(48)51-45-27-25-43(32-44(45)26-28-49(51)55)42-24-23-40-30-39(21-22-41(40)31-42)38-20-19-34-11-7-8-16-37(34)29-38/h1-33H. The predicted octanol–water partition coefficient (Wildman–Crippen LogP) is 13.7. The first-order valence-electron chi connectivity index (χ1n) is 18.7. The van der Waals surface area contributed by atoms with Gasteiger partial charge in [-0.25, -0.2) is 9.97 Å². The maximum absolute atomic E-state index is 5.22. The first-order valence-corrected chi connectivity index (χ1v) is 18.7. The Morgan fingerprint density at radius 1 is 0.309 bits per heavy atom. The van der Waals surface area contributed by atoms with E-state index in [1.165, 1.54) is 65.3 Å². The second-order valence-corrected chi connectivity index (χ2v) is 14.3. The van der Waals surface area contributed by atoms with E-state index in [1.807, 2.05) is 24.3 Å². The van der Waals surface area contributed by atoms with E-state index in [0.29, 0.717) is 5.82 Å². The molecule has 0 radical (unpaired) electrons. The first kappa shape index (κ1) is 31.2. The highest BCUT2D eigenvalue weighted by molar-refractivity contribution is 6.21. The molecule has 0 atom stereocenters. The van der Waals surface area contributed by atoms with Crippen molar-refractivity contribution in [1.29, 1.82) is 0 Å². The molecule has 11 rings (SSSR count). The summed E-state index contributed by atoms with van der Waals surface area (Å²) in [5, 5.41) is 9.84. The van der Waals surface area contributed by atoms with E-state index in [0.717, 1.165) is 33.7 Å². The molecule has 0 aliphatic carbocycles. The van der Waals surface area contributed by atoms with Gasteiger partial charge in [0, 0.05) is 28.0 Å². The fourth-order valence-electron chi connectivity index (χ4n) is 8.22. The summed E-state index contributed by atoms with van der Waals surface area (Å²) in [4.78, 5) is 10.3. The molecule has 0 amide bonds. The SMILES string of the molecule is c1ccc(-c2cc(-n3c4ccccc4c4c5ccc(-c6ccc7cc(-c8ccc9ccccc9c8)ccc7c6)cc5ccc43)nc(-c3ccccc3)n2)cc1. The van der Waals surface area contributed by atoms with Gasteiger partial charge < -0.3 is 0 Å². The van der Waals surface area contributed by atoms with Crippen LogP contribution in [0.25, 0.3) is 105 Å². The van der Waals surface area contributed by atoms with Gasteiger partial charge in [-0.1, -0.05) is 158 Å². The highest BCUT2D eigenvalue weighted by Gasteiger charge is 2.18. The molecule has 9 aromatic carbocycles. The summed E-state index contributed by atoms with van der Waals surface area (Å²) in [6, 6.07) is 71.7. The number of fused-ring (bicyclic) bond motifs is 7. The Balaban J connectivity index is 1.02. The lowest BCUT2D eigenvalue weighted by Crippen LogP contribution is -2.02. The zero-order valence-corrected chi connectivity index (χ0v) is 29.9. The molecule has 0 fully saturated rings. The lowest BCUT2D eigenvalue weighted by Gasteiger charge is -2.12. The third-order valence-corrected chi connectivity index (χ3v) is 11.0. The number of benzene rings is 9. The normalized spacial score (nSPS) is 11.6. The maximum atomic E-state index is 5.22. The molecule has 0 saturated carbocycles. The van der Waals surface area contributed by atoms with Crippen LogP contribution in [0.3, 0.4) is 0 Å². The first-order chi connectivity index (χ1) is 27.2. The van der Waals surface area contributed by atoms with Gasteiger partial charge in [0.15, 0.2) is 5.82 Å². The molecule has 256 valence electrons. The Morgan fingerprint density at radius 3 is 1.55 bits per heavy atom. The van der Waals surface area contributed by atoms with Crippen molar-refractivity contribution in [1.82, 2.24) is 14.5 Å². The van der Waals surface area contributed by atoms with E-state index < -0.39 is 0 Å². The van der Waals surface area contributed by atoms with Gasteiger partial charge >= 0.3 is 0 Å². The summed E-state index contributed by atoms with van der Waals surface area (Å²) in [6.45, 7) is 0. The quantitative estimate of drug-likeness (QED) is 0.179.